The van der Waals surface area contributed by atoms with Gasteiger partial charge in [0, 0.05) is 6.07 Å². The normalized spacial score (nSPS) is 13.9. The number of sulfonamides is 1. The van der Waals surface area contributed by atoms with Gasteiger partial charge < -0.3 is 9.47 Å². The van der Waals surface area contributed by atoms with Crippen LogP contribution in [0.5, 0.6) is 11.5 Å². The Hall–Kier alpha value is -3.13. The van der Waals surface area contributed by atoms with Crippen LogP contribution in [0.2, 0.25) is 0 Å². The van der Waals surface area contributed by atoms with Crippen molar-refractivity contribution in [3.05, 3.63) is 83.9 Å². The largest absolute Gasteiger partial charge is 0.454 e. The summed E-state index contributed by atoms with van der Waals surface area (Å²) in [6.07, 6.45) is 0. The Balaban J connectivity index is 1.84. The molecule has 8 heteroatoms. The van der Waals surface area contributed by atoms with Crippen LogP contribution in [0.25, 0.3) is 0 Å². The first-order chi connectivity index (χ1) is 13.9. The van der Waals surface area contributed by atoms with E-state index in [1.807, 2.05) is 0 Å². The van der Waals surface area contributed by atoms with Gasteiger partial charge in [-0.05, 0) is 61.0 Å². The SMILES string of the molecule is C[C@@H](c1ccc(F)cc1)N(c1ccc2c(c1)OCO2)S(=O)(=O)c1ccc(F)cc1. The Labute approximate surface area is 167 Å². The molecule has 0 saturated heterocycles. The molecule has 0 N–H and O–H groups in total. The maximum Gasteiger partial charge on any atom is 0.264 e. The number of ether oxygens (including phenoxy) is 2. The van der Waals surface area contributed by atoms with E-state index in [9.17, 15) is 17.2 Å². The van der Waals surface area contributed by atoms with Gasteiger partial charge in [-0.25, -0.2) is 17.2 Å². The van der Waals surface area contributed by atoms with Crippen molar-refractivity contribution < 1.29 is 26.7 Å². The smallest absolute Gasteiger partial charge is 0.264 e. The highest BCUT2D eigenvalue weighted by Crippen LogP contribution is 2.40. The van der Waals surface area contributed by atoms with Crippen LogP contribution in [-0.4, -0.2) is 15.2 Å². The molecule has 5 nitrogen and oxygen atoms in total. The van der Waals surface area contributed by atoms with E-state index >= 15 is 0 Å². The molecule has 0 amide bonds. The molecule has 0 unspecified atom stereocenters. The molecule has 1 aliphatic rings. The van der Waals surface area contributed by atoms with Crippen LogP contribution < -0.4 is 13.8 Å². The molecule has 0 aliphatic carbocycles. The van der Waals surface area contributed by atoms with Crippen molar-refractivity contribution in [2.45, 2.75) is 17.9 Å². The zero-order valence-electron chi connectivity index (χ0n) is 15.4. The van der Waals surface area contributed by atoms with Gasteiger partial charge in [-0.2, -0.15) is 0 Å². The van der Waals surface area contributed by atoms with Gasteiger partial charge in [-0.1, -0.05) is 12.1 Å². The second kappa shape index (κ2) is 7.36. The Morgan fingerprint density at radius 3 is 2.10 bits per heavy atom. The van der Waals surface area contributed by atoms with Crippen molar-refractivity contribution in [2.24, 2.45) is 0 Å². The number of fused-ring (bicyclic) bond motifs is 1. The maximum atomic E-state index is 13.5. The van der Waals surface area contributed by atoms with Crippen molar-refractivity contribution in [2.75, 3.05) is 11.1 Å². The van der Waals surface area contributed by atoms with Crippen molar-refractivity contribution in [3.63, 3.8) is 0 Å². The van der Waals surface area contributed by atoms with Crippen molar-refractivity contribution in [3.8, 4) is 11.5 Å². The summed E-state index contributed by atoms with van der Waals surface area (Å²) in [7, 11) is -4.07. The number of benzene rings is 3. The molecular weight excluding hydrogens is 400 g/mol. The lowest BCUT2D eigenvalue weighted by Crippen LogP contribution is -2.33. The highest BCUT2D eigenvalue weighted by Gasteiger charge is 2.31. The molecule has 150 valence electrons. The molecule has 3 aromatic rings. The average Bonchev–Trinajstić information content (AvgIpc) is 3.16. The second-order valence-electron chi connectivity index (χ2n) is 6.52. The van der Waals surface area contributed by atoms with Gasteiger partial charge in [-0.3, -0.25) is 4.31 Å². The van der Waals surface area contributed by atoms with Gasteiger partial charge in [0.1, 0.15) is 11.6 Å². The molecule has 0 bridgehead atoms. The minimum Gasteiger partial charge on any atom is -0.454 e. The lowest BCUT2D eigenvalue weighted by atomic mass is 10.1. The Morgan fingerprint density at radius 2 is 1.45 bits per heavy atom. The van der Waals surface area contributed by atoms with Crippen LogP contribution in [0.4, 0.5) is 14.5 Å². The van der Waals surface area contributed by atoms with Crippen LogP contribution in [-0.2, 0) is 10.0 Å². The molecule has 0 radical (unpaired) electrons. The van der Waals surface area contributed by atoms with E-state index in [-0.39, 0.29) is 11.7 Å². The molecular formula is C21H17F2NO4S. The first-order valence-corrected chi connectivity index (χ1v) is 10.3. The van der Waals surface area contributed by atoms with Crippen LogP contribution >= 0.6 is 0 Å². The monoisotopic (exact) mass is 417 g/mol. The summed E-state index contributed by atoms with van der Waals surface area (Å²) in [5.41, 5.74) is 0.935. The fourth-order valence-corrected chi connectivity index (χ4v) is 4.83. The number of hydrogen-bond donors (Lipinski definition) is 0. The number of hydrogen-bond acceptors (Lipinski definition) is 4. The molecule has 4 rings (SSSR count). The minimum absolute atomic E-state index is 0.0526. The van der Waals surface area contributed by atoms with E-state index in [4.69, 9.17) is 9.47 Å². The van der Waals surface area contributed by atoms with Crippen molar-refractivity contribution in [1.29, 1.82) is 0 Å². The minimum atomic E-state index is -4.07. The lowest BCUT2D eigenvalue weighted by Gasteiger charge is -2.31. The lowest BCUT2D eigenvalue weighted by molar-refractivity contribution is 0.174. The van der Waals surface area contributed by atoms with Gasteiger partial charge >= 0.3 is 0 Å². The summed E-state index contributed by atoms with van der Waals surface area (Å²) in [4.78, 5) is -0.0643. The van der Waals surface area contributed by atoms with E-state index in [0.29, 0.717) is 22.7 Å². The highest BCUT2D eigenvalue weighted by molar-refractivity contribution is 7.92. The van der Waals surface area contributed by atoms with Gasteiger partial charge in [0.05, 0.1) is 16.6 Å². The summed E-state index contributed by atoms with van der Waals surface area (Å²) < 4.78 is 65.6. The third kappa shape index (κ3) is 3.63. The molecule has 1 heterocycles. The summed E-state index contributed by atoms with van der Waals surface area (Å²) >= 11 is 0. The zero-order valence-corrected chi connectivity index (χ0v) is 16.2. The summed E-state index contributed by atoms with van der Waals surface area (Å²) in [5, 5.41) is 0. The first-order valence-electron chi connectivity index (χ1n) is 8.81. The van der Waals surface area contributed by atoms with Gasteiger partial charge in [0.25, 0.3) is 10.0 Å². The zero-order chi connectivity index (χ0) is 20.6. The molecule has 0 saturated carbocycles. The molecule has 3 aromatic carbocycles. The fraction of sp³-hybridized carbons (Fsp3) is 0.143. The predicted octanol–water partition coefficient (Wildman–Crippen LogP) is 4.65. The quantitative estimate of drug-likeness (QED) is 0.606. The third-order valence-corrected chi connectivity index (χ3v) is 6.60. The van der Waals surface area contributed by atoms with Crippen LogP contribution in [0.1, 0.15) is 18.5 Å². The molecule has 0 fully saturated rings. The van der Waals surface area contributed by atoms with Crippen LogP contribution in [0.15, 0.2) is 71.6 Å². The summed E-state index contributed by atoms with van der Waals surface area (Å²) in [6, 6.07) is 14.3. The van der Waals surface area contributed by atoms with Gasteiger partial charge in [0.2, 0.25) is 6.79 Å². The molecule has 0 aromatic heterocycles. The molecule has 0 spiro atoms. The van der Waals surface area contributed by atoms with E-state index in [1.54, 1.807) is 25.1 Å². The van der Waals surface area contributed by atoms with E-state index < -0.39 is 27.7 Å². The summed E-state index contributed by atoms with van der Waals surface area (Å²) in [5.74, 6) is -0.0161. The standard InChI is InChI=1S/C21H17F2NO4S/c1-14(15-2-4-16(22)5-3-15)24(18-8-11-20-21(12-18)28-13-27-20)29(25,26)19-9-6-17(23)7-10-19/h2-12,14H,13H2,1H3/t14-/m0/s1. The first kappa shape index (κ1) is 19.2. The third-order valence-electron chi connectivity index (χ3n) is 4.69. The molecule has 1 aliphatic heterocycles. The van der Waals surface area contributed by atoms with Crippen molar-refractivity contribution in [1.82, 2.24) is 0 Å². The number of nitrogens with zero attached hydrogens (tertiary/aromatic N) is 1. The van der Waals surface area contributed by atoms with Crippen LogP contribution in [0, 0.1) is 11.6 Å². The Kier molecular flexibility index (Phi) is 4.87. The van der Waals surface area contributed by atoms with Gasteiger partial charge in [-0.15, -0.1) is 0 Å². The molecule has 29 heavy (non-hydrogen) atoms. The molecule has 1 atom stereocenters. The highest BCUT2D eigenvalue weighted by atomic mass is 32.2. The maximum absolute atomic E-state index is 13.5. The van der Waals surface area contributed by atoms with E-state index in [1.165, 1.54) is 40.7 Å². The topological polar surface area (TPSA) is 55.8 Å². The number of anilines is 1. The fourth-order valence-electron chi connectivity index (χ4n) is 3.19. The average molecular weight is 417 g/mol. The van der Waals surface area contributed by atoms with E-state index in [0.717, 1.165) is 12.1 Å². The predicted molar refractivity (Wildman–Crippen MR) is 103 cm³/mol. The van der Waals surface area contributed by atoms with Crippen molar-refractivity contribution >= 4 is 15.7 Å². The summed E-state index contributed by atoms with van der Waals surface area (Å²) in [6.45, 7) is 1.75. The second-order valence-corrected chi connectivity index (χ2v) is 8.33. The van der Waals surface area contributed by atoms with E-state index in [2.05, 4.69) is 0 Å². The Bertz CT molecular complexity index is 1130. The Morgan fingerprint density at radius 1 is 0.862 bits per heavy atom. The van der Waals surface area contributed by atoms with Gasteiger partial charge in [0.15, 0.2) is 11.5 Å². The number of rotatable bonds is 5. The van der Waals surface area contributed by atoms with Crippen LogP contribution in [0.3, 0.4) is 0 Å². The number of halogens is 2.